The second kappa shape index (κ2) is 4.58. The van der Waals surface area contributed by atoms with Crippen molar-refractivity contribution >= 4 is 17.6 Å². The molecule has 0 fully saturated rings. The van der Waals surface area contributed by atoms with Gasteiger partial charge in [-0.15, -0.1) is 0 Å². The van der Waals surface area contributed by atoms with E-state index in [1.54, 1.807) is 0 Å². The summed E-state index contributed by atoms with van der Waals surface area (Å²) in [7, 11) is 0. The molecule has 0 saturated heterocycles. The first-order valence-corrected chi connectivity index (χ1v) is 3.99. The van der Waals surface area contributed by atoms with Gasteiger partial charge in [0.2, 0.25) is 0 Å². The first-order chi connectivity index (χ1) is 6.59. The lowest BCUT2D eigenvalue weighted by Gasteiger charge is -1.92. The molecule has 1 N–H and O–H groups in total. The monoisotopic (exact) mass is 213 g/mol. The van der Waals surface area contributed by atoms with Crippen molar-refractivity contribution in [1.29, 1.82) is 0 Å². The zero-order valence-corrected chi connectivity index (χ0v) is 7.68. The maximum atomic E-state index is 12.8. The maximum Gasteiger partial charge on any atom is 0.315 e. The summed E-state index contributed by atoms with van der Waals surface area (Å²) >= 11 is 5.34. The summed E-state index contributed by atoms with van der Waals surface area (Å²) in [5, 5.41) is 8.05. The van der Waals surface area contributed by atoms with Gasteiger partial charge < -0.3 is 5.11 Å². The number of rotatable bonds is 1. The fraction of sp³-hybridized carbons (Fsp3) is 0.111. The molecule has 0 radical (unpaired) electrons. The normalized spacial score (nSPS) is 9.00. The number of carboxylic acid groups (broad SMARTS) is 1. The Hall–Kier alpha value is -1.60. The quantitative estimate of drug-likeness (QED) is 0.571. The SMILES string of the molecule is O=C(O)CC#Cc1cnc(Cl)c(F)c1. The van der Waals surface area contributed by atoms with E-state index in [2.05, 4.69) is 16.8 Å². The Morgan fingerprint density at radius 1 is 1.71 bits per heavy atom. The second-order valence-corrected chi connectivity index (χ2v) is 2.73. The minimum atomic E-state index is -1.03. The van der Waals surface area contributed by atoms with Crippen molar-refractivity contribution in [2.45, 2.75) is 6.42 Å². The summed E-state index contributed by atoms with van der Waals surface area (Å²) < 4.78 is 12.8. The molecule has 14 heavy (non-hydrogen) atoms. The molecule has 0 aliphatic rings. The van der Waals surface area contributed by atoms with Crippen LogP contribution in [0.4, 0.5) is 4.39 Å². The van der Waals surface area contributed by atoms with Gasteiger partial charge in [0, 0.05) is 11.8 Å². The van der Waals surface area contributed by atoms with Crippen LogP contribution in [0.5, 0.6) is 0 Å². The molecule has 0 aliphatic heterocycles. The van der Waals surface area contributed by atoms with Gasteiger partial charge in [0.15, 0.2) is 11.0 Å². The number of pyridine rings is 1. The molecule has 0 unspecified atom stereocenters. The van der Waals surface area contributed by atoms with Crippen molar-refractivity contribution in [2.75, 3.05) is 0 Å². The number of aliphatic carboxylic acids is 1. The van der Waals surface area contributed by atoms with E-state index in [9.17, 15) is 9.18 Å². The number of carboxylic acids is 1. The van der Waals surface area contributed by atoms with Crippen molar-refractivity contribution in [2.24, 2.45) is 0 Å². The molecule has 0 aliphatic carbocycles. The third kappa shape index (κ3) is 3.04. The standard InChI is InChI=1S/C9H5ClFNO2/c10-9-7(11)4-6(5-12-9)2-1-3-8(13)14/h4-5H,3H2,(H,13,14). The lowest BCUT2D eigenvalue weighted by atomic mass is 10.3. The molecule has 0 spiro atoms. The van der Waals surface area contributed by atoms with Gasteiger partial charge in [-0.1, -0.05) is 23.4 Å². The van der Waals surface area contributed by atoms with E-state index in [0.29, 0.717) is 5.56 Å². The highest BCUT2D eigenvalue weighted by Gasteiger charge is 1.99. The van der Waals surface area contributed by atoms with Gasteiger partial charge in [0.1, 0.15) is 6.42 Å². The van der Waals surface area contributed by atoms with E-state index in [1.807, 2.05) is 0 Å². The smallest absolute Gasteiger partial charge is 0.315 e. The molecular weight excluding hydrogens is 209 g/mol. The molecule has 0 bridgehead atoms. The largest absolute Gasteiger partial charge is 0.481 e. The first kappa shape index (κ1) is 10.5. The van der Waals surface area contributed by atoms with Crippen LogP contribution in [0, 0.1) is 17.7 Å². The van der Waals surface area contributed by atoms with E-state index in [4.69, 9.17) is 16.7 Å². The molecule has 3 nitrogen and oxygen atoms in total. The van der Waals surface area contributed by atoms with E-state index in [1.165, 1.54) is 6.20 Å². The maximum absolute atomic E-state index is 12.8. The third-order valence-electron chi connectivity index (χ3n) is 1.27. The molecule has 1 heterocycles. The van der Waals surface area contributed by atoms with E-state index < -0.39 is 11.8 Å². The Bertz CT molecular complexity index is 423. The number of aromatic nitrogens is 1. The minimum Gasteiger partial charge on any atom is -0.481 e. The van der Waals surface area contributed by atoms with Crippen LogP contribution in [-0.4, -0.2) is 16.1 Å². The summed E-state index contributed by atoms with van der Waals surface area (Å²) in [5.74, 6) is 3.10. The van der Waals surface area contributed by atoms with Gasteiger partial charge in [0.05, 0.1) is 0 Å². The Morgan fingerprint density at radius 3 is 3.00 bits per heavy atom. The van der Waals surface area contributed by atoms with Crippen LogP contribution in [0.2, 0.25) is 5.15 Å². The highest BCUT2D eigenvalue weighted by Crippen LogP contribution is 2.10. The first-order valence-electron chi connectivity index (χ1n) is 3.61. The summed E-state index contributed by atoms with van der Waals surface area (Å²) in [5.41, 5.74) is 0.299. The van der Waals surface area contributed by atoms with Gasteiger partial charge in [-0.05, 0) is 6.07 Å². The van der Waals surface area contributed by atoms with Crippen LogP contribution in [0.3, 0.4) is 0 Å². The predicted octanol–water partition coefficient (Wildman–Crippen LogP) is 1.70. The fourth-order valence-corrected chi connectivity index (χ4v) is 0.815. The molecule has 72 valence electrons. The number of carbonyl (C=O) groups is 1. The van der Waals surface area contributed by atoms with Crippen molar-refractivity contribution in [1.82, 2.24) is 4.98 Å². The lowest BCUT2D eigenvalue weighted by molar-refractivity contribution is -0.135. The van der Waals surface area contributed by atoms with Crippen LogP contribution < -0.4 is 0 Å². The molecule has 0 amide bonds. The van der Waals surface area contributed by atoms with Crippen molar-refractivity contribution in [3.05, 3.63) is 28.8 Å². The van der Waals surface area contributed by atoms with Crippen molar-refractivity contribution in [3.8, 4) is 11.8 Å². The summed E-state index contributed by atoms with van der Waals surface area (Å²) in [6.45, 7) is 0. The zero-order chi connectivity index (χ0) is 10.6. The summed E-state index contributed by atoms with van der Waals surface area (Å²) in [4.78, 5) is 13.6. The van der Waals surface area contributed by atoms with Gasteiger partial charge in [-0.25, -0.2) is 9.37 Å². The van der Waals surface area contributed by atoms with E-state index in [0.717, 1.165) is 6.07 Å². The van der Waals surface area contributed by atoms with Crippen LogP contribution in [0.15, 0.2) is 12.3 Å². The predicted molar refractivity (Wildman–Crippen MR) is 48.3 cm³/mol. The van der Waals surface area contributed by atoms with Gasteiger partial charge in [-0.2, -0.15) is 0 Å². The Balaban J connectivity index is 2.81. The molecule has 1 aromatic heterocycles. The number of hydrogen-bond acceptors (Lipinski definition) is 2. The van der Waals surface area contributed by atoms with Gasteiger partial charge in [-0.3, -0.25) is 4.79 Å². The van der Waals surface area contributed by atoms with E-state index >= 15 is 0 Å². The van der Waals surface area contributed by atoms with Crippen LogP contribution in [-0.2, 0) is 4.79 Å². The summed E-state index contributed by atoms with van der Waals surface area (Å²) in [6, 6.07) is 1.10. The lowest BCUT2D eigenvalue weighted by Crippen LogP contribution is -1.90. The van der Waals surface area contributed by atoms with E-state index in [-0.39, 0.29) is 11.6 Å². The highest BCUT2D eigenvalue weighted by molar-refractivity contribution is 6.29. The molecule has 0 saturated carbocycles. The summed E-state index contributed by atoms with van der Waals surface area (Å²) in [6.07, 6.45) is 0.991. The second-order valence-electron chi connectivity index (χ2n) is 2.37. The molecule has 1 aromatic rings. The Labute approximate surface area is 84.5 Å². The number of halogens is 2. The van der Waals surface area contributed by atoms with Crippen molar-refractivity contribution < 1.29 is 14.3 Å². The topological polar surface area (TPSA) is 50.2 Å². The van der Waals surface area contributed by atoms with Crippen LogP contribution in [0.25, 0.3) is 0 Å². The number of hydrogen-bond donors (Lipinski definition) is 1. The Kier molecular flexibility index (Phi) is 3.43. The minimum absolute atomic E-state index is 0.228. The zero-order valence-electron chi connectivity index (χ0n) is 6.92. The Morgan fingerprint density at radius 2 is 2.43 bits per heavy atom. The third-order valence-corrected chi connectivity index (χ3v) is 1.55. The van der Waals surface area contributed by atoms with Gasteiger partial charge >= 0.3 is 5.97 Å². The fourth-order valence-electron chi connectivity index (χ4n) is 0.711. The number of nitrogens with zero attached hydrogens (tertiary/aromatic N) is 1. The van der Waals surface area contributed by atoms with Crippen LogP contribution >= 0.6 is 11.6 Å². The van der Waals surface area contributed by atoms with Crippen LogP contribution in [0.1, 0.15) is 12.0 Å². The highest BCUT2D eigenvalue weighted by atomic mass is 35.5. The average molecular weight is 214 g/mol. The molecular formula is C9H5ClFNO2. The van der Waals surface area contributed by atoms with Gasteiger partial charge in [0.25, 0.3) is 0 Å². The molecule has 1 rings (SSSR count). The van der Waals surface area contributed by atoms with Crippen molar-refractivity contribution in [3.63, 3.8) is 0 Å². The average Bonchev–Trinajstić information content (AvgIpc) is 2.10. The molecule has 5 heteroatoms. The molecule has 0 atom stereocenters. The molecule has 0 aromatic carbocycles.